The third kappa shape index (κ3) is 8.01. The molecular formula is C22H20O9. The van der Waals surface area contributed by atoms with Gasteiger partial charge >= 0.3 is 24.1 Å². The Labute approximate surface area is 177 Å². The first-order chi connectivity index (χ1) is 14.9. The second-order valence-corrected chi connectivity index (χ2v) is 6.02. The Kier molecular flexibility index (Phi) is 8.78. The lowest BCUT2D eigenvalue weighted by molar-refractivity contribution is -0.137. The van der Waals surface area contributed by atoms with Crippen LogP contribution in [0.1, 0.15) is 33.6 Å². The van der Waals surface area contributed by atoms with Gasteiger partial charge in [-0.15, -0.1) is 0 Å². The zero-order valence-electron chi connectivity index (χ0n) is 16.4. The summed E-state index contributed by atoms with van der Waals surface area (Å²) in [6.07, 6.45) is 1.16. The van der Waals surface area contributed by atoms with E-state index in [1.165, 1.54) is 48.5 Å². The number of hydrogen-bond acceptors (Lipinski definition) is 8. The van der Waals surface area contributed by atoms with E-state index >= 15 is 0 Å². The molecule has 0 aliphatic heterocycles. The van der Waals surface area contributed by atoms with Crippen LogP contribution in [0.3, 0.4) is 0 Å². The van der Waals surface area contributed by atoms with Crippen LogP contribution in [-0.2, 0) is 14.3 Å². The van der Waals surface area contributed by atoms with Gasteiger partial charge in [-0.1, -0.05) is 6.58 Å². The number of esters is 2. The monoisotopic (exact) mass is 428 g/mol. The van der Waals surface area contributed by atoms with Crippen LogP contribution in [0.5, 0.6) is 11.5 Å². The molecule has 31 heavy (non-hydrogen) atoms. The van der Waals surface area contributed by atoms with Crippen molar-refractivity contribution in [1.29, 1.82) is 0 Å². The summed E-state index contributed by atoms with van der Waals surface area (Å²) >= 11 is 0. The Morgan fingerprint density at radius 2 is 1.29 bits per heavy atom. The van der Waals surface area contributed by atoms with E-state index in [0.717, 1.165) is 6.08 Å². The molecule has 162 valence electrons. The maximum absolute atomic E-state index is 12.1. The van der Waals surface area contributed by atoms with E-state index in [0.29, 0.717) is 12.8 Å². The predicted molar refractivity (Wildman–Crippen MR) is 107 cm³/mol. The lowest BCUT2D eigenvalue weighted by Crippen LogP contribution is -2.12. The van der Waals surface area contributed by atoms with Crippen LogP contribution in [0, 0.1) is 0 Å². The van der Waals surface area contributed by atoms with Crippen molar-refractivity contribution in [2.75, 3.05) is 13.2 Å². The molecular weight excluding hydrogens is 408 g/mol. The van der Waals surface area contributed by atoms with Crippen LogP contribution in [0.2, 0.25) is 0 Å². The van der Waals surface area contributed by atoms with Gasteiger partial charge in [-0.25, -0.2) is 19.2 Å². The molecule has 2 rings (SSSR count). The molecule has 0 aliphatic rings. The molecule has 0 heterocycles. The Morgan fingerprint density at radius 1 is 0.774 bits per heavy atom. The van der Waals surface area contributed by atoms with Crippen molar-refractivity contribution in [3.63, 3.8) is 0 Å². The summed E-state index contributed by atoms with van der Waals surface area (Å²) in [4.78, 5) is 45.5. The van der Waals surface area contributed by atoms with Crippen molar-refractivity contribution in [2.24, 2.45) is 0 Å². The quantitative estimate of drug-likeness (QED) is 0.198. The fourth-order valence-electron chi connectivity index (χ4n) is 2.21. The smallest absolute Gasteiger partial charge is 0.478 e. The molecule has 2 aromatic carbocycles. The van der Waals surface area contributed by atoms with E-state index in [4.69, 9.17) is 24.1 Å². The van der Waals surface area contributed by atoms with Crippen molar-refractivity contribution in [1.82, 2.24) is 0 Å². The van der Waals surface area contributed by atoms with Gasteiger partial charge in [0.1, 0.15) is 11.5 Å². The molecule has 0 atom stereocenters. The normalized spacial score (nSPS) is 9.94. The van der Waals surface area contributed by atoms with E-state index < -0.39 is 24.1 Å². The predicted octanol–water partition coefficient (Wildman–Crippen LogP) is 3.63. The summed E-state index contributed by atoms with van der Waals surface area (Å²) in [6.45, 7) is 3.57. The molecule has 0 radical (unpaired) electrons. The number of aromatic carboxylic acids is 1. The molecule has 1 N–H and O–H groups in total. The summed E-state index contributed by atoms with van der Waals surface area (Å²) in [7, 11) is 0. The largest absolute Gasteiger partial charge is 0.513 e. The minimum absolute atomic E-state index is 0.0734. The Balaban J connectivity index is 1.74. The number of ether oxygens (including phenoxy) is 4. The number of rotatable bonds is 10. The fourth-order valence-corrected chi connectivity index (χ4v) is 2.21. The molecule has 0 saturated heterocycles. The second-order valence-electron chi connectivity index (χ2n) is 6.02. The fraction of sp³-hybridized carbons (Fsp3) is 0.182. The summed E-state index contributed by atoms with van der Waals surface area (Å²) < 4.78 is 19.9. The number of hydrogen-bond donors (Lipinski definition) is 1. The lowest BCUT2D eigenvalue weighted by Gasteiger charge is -2.07. The number of benzene rings is 2. The molecule has 0 amide bonds. The second kappa shape index (κ2) is 11.8. The van der Waals surface area contributed by atoms with Gasteiger partial charge in [-0.3, -0.25) is 0 Å². The van der Waals surface area contributed by atoms with Crippen molar-refractivity contribution in [2.45, 2.75) is 12.8 Å². The summed E-state index contributed by atoms with van der Waals surface area (Å²) in [5.41, 5.74) is 0.279. The van der Waals surface area contributed by atoms with Gasteiger partial charge in [0.25, 0.3) is 0 Å². The number of carboxylic acid groups (broad SMARTS) is 1. The average molecular weight is 428 g/mol. The maximum Gasteiger partial charge on any atom is 0.513 e. The SMILES string of the molecule is C=CC(=O)OCCCCOC(=O)Oc1ccc(C(=O)Oc2ccc(C(=O)O)cc2)cc1. The van der Waals surface area contributed by atoms with E-state index in [2.05, 4.69) is 6.58 Å². The molecule has 0 aliphatic carbocycles. The first-order valence-corrected chi connectivity index (χ1v) is 9.18. The molecule has 0 bridgehead atoms. The molecule has 0 fully saturated rings. The van der Waals surface area contributed by atoms with Gasteiger partial charge in [0.15, 0.2) is 0 Å². The first kappa shape index (κ1) is 23.1. The van der Waals surface area contributed by atoms with Crippen LogP contribution in [0.15, 0.2) is 61.2 Å². The van der Waals surface area contributed by atoms with Gasteiger partial charge in [0, 0.05) is 6.08 Å². The number of carboxylic acids is 1. The first-order valence-electron chi connectivity index (χ1n) is 9.18. The minimum Gasteiger partial charge on any atom is -0.478 e. The highest BCUT2D eigenvalue weighted by Crippen LogP contribution is 2.17. The van der Waals surface area contributed by atoms with Gasteiger partial charge in [0.2, 0.25) is 0 Å². The van der Waals surface area contributed by atoms with Crippen molar-refractivity contribution in [3.8, 4) is 11.5 Å². The lowest BCUT2D eigenvalue weighted by atomic mass is 10.2. The van der Waals surface area contributed by atoms with Crippen LogP contribution in [0.25, 0.3) is 0 Å². The Bertz CT molecular complexity index is 930. The highest BCUT2D eigenvalue weighted by Gasteiger charge is 2.11. The molecule has 2 aromatic rings. The standard InChI is InChI=1S/C22H20O9/c1-2-19(23)28-13-3-4-14-29-22(27)31-18-11-7-16(8-12-18)21(26)30-17-9-5-15(6-10-17)20(24)25/h2,5-12H,1,3-4,13-14H2,(H,24,25). The van der Waals surface area contributed by atoms with Gasteiger partial charge < -0.3 is 24.1 Å². The summed E-state index contributed by atoms with van der Waals surface area (Å²) in [5.74, 6) is -1.88. The average Bonchev–Trinajstić information content (AvgIpc) is 2.76. The van der Waals surface area contributed by atoms with Gasteiger partial charge in [-0.05, 0) is 61.4 Å². The molecule has 9 nitrogen and oxygen atoms in total. The van der Waals surface area contributed by atoms with Crippen molar-refractivity contribution in [3.05, 3.63) is 72.3 Å². The number of unbranched alkanes of at least 4 members (excludes halogenated alkanes) is 1. The third-order valence-corrected chi connectivity index (χ3v) is 3.77. The molecule has 0 spiro atoms. The maximum atomic E-state index is 12.1. The number of carbonyl (C=O) groups is 4. The van der Waals surface area contributed by atoms with Crippen LogP contribution in [0.4, 0.5) is 4.79 Å². The summed E-state index contributed by atoms with van der Waals surface area (Å²) in [6, 6.07) is 11.0. The topological polar surface area (TPSA) is 125 Å². The van der Waals surface area contributed by atoms with E-state index in [9.17, 15) is 19.2 Å². The summed E-state index contributed by atoms with van der Waals surface area (Å²) in [5, 5.41) is 8.86. The highest BCUT2D eigenvalue weighted by atomic mass is 16.7. The highest BCUT2D eigenvalue weighted by molar-refractivity contribution is 5.91. The molecule has 0 aromatic heterocycles. The molecule has 0 saturated carbocycles. The third-order valence-electron chi connectivity index (χ3n) is 3.77. The van der Waals surface area contributed by atoms with Crippen molar-refractivity contribution >= 4 is 24.1 Å². The van der Waals surface area contributed by atoms with E-state index in [1.54, 1.807) is 0 Å². The van der Waals surface area contributed by atoms with Gasteiger partial charge in [0.05, 0.1) is 24.3 Å². The molecule has 0 unspecified atom stereocenters. The van der Waals surface area contributed by atoms with Crippen LogP contribution in [-0.4, -0.2) is 42.4 Å². The Morgan fingerprint density at radius 3 is 1.84 bits per heavy atom. The van der Waals surface area contributed by atoms with Crippen molar-refractivity contribution < 1.29 is 43.2 Å². The van der Waals surface area contributed by atoms with E-state index in [1.807, 2.05) is 0 Å². The van der Waals surface area contributed by atoms with Crippen LogP contribution >= 0.6 is 0 Å². The minimum atomic E-state index is -1.08. The van der Waals surface area contributed by atoms with Crippen LogP contribution < -0.4 is 9.47 Å². The zero-order valence-corrected chi connectivity index (χ0v) is 16.4. The zero-order chi connectivity index (χ0) is 22.6. The number of carbonyl (C=O) groups excluding carboxylic acids is 3. The van der Waals surface area contributed by atoms with E-state index in [-0.39, 0.29) is 35.8 Å². The van der Waals surface area contributed by atoms with Gasteiger partial charge in [-0.2, -0.15) is 0 Å². The Hall–Kier alpha value is -4.14. The molecule has 9 heteroatoms.